The Morgan fingerprint density at radius 2 is 2.00 bits per heavy atom. The van der Waals surface area contributed by atoms with E-state index in [1.165, 1.54) is 11.1 Å². The Balaban J connectivity index is 1.97. The lowest BCUT2D eigenvalue weighted by Crippen LogP contribution is -2.24. The fourth-order valence-electron chi connectivity index (χ4n) is 3.93. The van der Waals surface area contributed by atoms with Crippen molar-refractivity contribution in [2.24, 2.45) is 0 Å². The zero-order valence-corrected chi connectivity index (χ0v) is 16.0. The van der Waals surface area contributed by atoms with E-state index in [4.69, 9.17) is 25.5 Å². The van der Waals surface area contributed by atoms with Crippen molar-refractivity contribution in [2.75, 3.05) is 34.4 Å². The van der Waals surface area contributed by atoms with Gasteiger partial charge in [0.25, 0.3) is 0 Å². The molecule has 0 aliphatic carbocycles. The summed E-state index contributed by atoms with van der Waals surface area (Å²) in [7, 11) is 5.41. The summed E-state index contributed by atoms with van der Waals surface area (Å²) in [6, 6.07) is 10.4. The number of para-hydroxylation sites is 1. The summed E-state index contributed by atoms with van der Waals surface area (Å²) in [5, 5.41) is 1.76. The average Bonchev–Trinajstić information content (AvgIpc) is 3.06. The zero-order chi connectivity index (χ0) is 18.3. The van der Waals surface area contributed by atoms with E-state index < -0.39 is 0 Å². The predicted molar refractivity (Wildman–Crippen MR) is 104 cm³/mol. The molecule has 136 valence electrons. The van der Waals surface area contributed by atoms with E-state index in [1.807, 2.05) is 6.07 Å². The third-order valence-electron chi connectivity index (χ3n) is 5.25. The summed E-state index contributed by atoms with van der Waals surface area (Å²) in [5.41, 5.74) is 4.42. The van der Waals surface area contributed by atoms with Gasteiger partial charge in [0.15, 0.2) is 11.5 Å². The molecular formula is C21H22ClNO3. The van der Waals surface area contributed by atoms with Crippen LogP contribution in [-0.2, 0) is 6.42 Å². The molecule has 0 saturated carbocycles. The van der Waals surface area contributed by atoms with Crippen LogP contribution in [0.15, 0.2) is 41.0 Å². The van der Waals surface area contributed by atoms with E-state index in [2.05, 4.69) is 36.2 Å². The summed E-state index contributed by atoms with van der Waals surface area (Å²) in [4.78, 5) is 2.34. The van der Waals surface area contributed by atoms with Gasteiger partial charge < -0.3 is 18.8 Å². The first-order valence-electron chi connectivity index (χ1n) is 8.72. The molecule has 2 heterocycles. The summed E-state index contributed by atoms with van der Waals surface area (Å²) >= 11 is 6.73. The zero-order valence-electron chi connectivity index (χ0n) is 15.2. The van der Waals surface area contributed by atoms with Gasteiger partial charge >= 0.3 is 0 Å². The van der Waals surface area contributed by atoms with Crippen molar-refractivity contribution in [1.82, 2.24) is 4.90 Å². The maximum absolute atomic E-state index is 6.73. The monoisotopic (exact) mass is 371 g/mol. The lowest BCUT2D eigenvalue weighted by atomic mass is 9.87. The number of furan rings is 1. The molecular weight excluding hydrogens is 350 g/mol. The number of ether oxygens (including phenoxy) is 2. The molecule has 5 heteroatoms. The molecule has 4 nitrogen and oxygen atoms in total. The molecule has 1 aromatic heterocycles. The Bertz CT molecular complexity index is 950. The minimum Gasteiger partial charge on any atom is -0.493 e. The first kappa shape index (κ1) is 17.3. The van der Waals surface area contributed by atoms with E-state index in [0.717, 1.165) is 36.0 Å². The standard InChI is InChI=1S/C21H22ClNO3/c1-23-9-7-14-16(11-18(24-2)21(25-3)19(14)22)17(12-23)15-6-4-5-13-8-10-26-20(13)15/h4-6,8,10-11,17H,7,9,12H2,1-3H3. The fourth-order valence-corrected chi connectivity index (χ4v) is 4.31. The molecule has 0 fully saturated rings. The number of hydrogen-bond acceptors (Lipinski definition) is 4. The van der Waals surface area contributed by atoms with Gasteiger partial charge in [-0.2, -0.15) is 0 Å². The molecule has 1 aliphatic heterocycles. The van der Waals surface area contributed by atoms with Crippen LogP contribution in [0.4, 0.5) is 0 Å². The Morgan fingerprint density at radius 3 is 2.77 bits per heavy atom. The van der Waals surface area contributed by atoms with E-state index in [1.54, 1.807) is 20.5 Å². The second kappa shape index (κ2) is 6.86. The summed E-state index contributed by atoms with van der Waals surface area (Å²) in [6.07, 6.45) is 2.62. The molecule has 2 aromatic carbocycles. The lowest BCUT2D eigenvalue weighted by Gasteiger charge is -2.23. The van der Waals surface area contributed by atoms with E-state index in [9.17, 15) is 0 Å². The van der Waals surface area contributed by atoms with Crippen LogP contribution in [0.2, 0.25) is 5.02 Å². The molecule has 0 saturated heterocycles. The van der Waals surface area contributed by atoms with Crippen molar-refractivity contribution in [3.8, 4) is 11.5 Å². The van der Waals surface area contributed by atoms with Crippen LogP contribution in [0.3, 0.4) is 0 Å². The van der Waals surface area contributed by atoms with Crippen molar-refractivity contribution in [2.45, 2.75) is 12.3 Å². The van der Waals surface area contributed by atoms with Crippen LogP contribution in [0.5, 0.6) is 11.5 Å². The van der Waals surface area contributed by atoms with Gasteiger partial charge in [0.1, 0.15) is 5.58 Å². The van der Waals surface area contributed by atoms with Gasteiger partial charge in [-0.1, -0.05) is 29.8 Å². The number of benzene rings is 2. The summed E-state index contributed by atoms with van der Waals surface area (Å²) < 4.78 is 16.9. The molecule has 0 amide bonds. The SMILES string of the molecule is COc1cc2c(c(Cl)c1OC)CCN(C)CC2c1cccc2ccoc12. The summed E-state index contributed by atoms with van der Waals surface area (Å²) in [6.45, 7) is 1.82. The minimum absolute atomic E-state index is 0.143. The average molecular weight is 372 g/mol. The number of fused-ring (bicyclic) bond motifs is 2. The van der Waals surface area contributed by atoms with E-state index >= 15 is 0 Å². The third-order valence-corrected chi connectivity index (χ3v) is 5.64. The van der Waals surface area contributed by atoms with Gasteiger partial charge in [-0.25, -0.2) is 0 Å². The topological polar surface area (TPSA) is 34.8 Å². The molecule has 1 aliphatic rings. The van der Waals surface area contributed by atoms with Crippen molar-refractivity contribution >= 4 is 22.6 Å². The number of rotatable bonds is 3. The molecule has 26 heavy (non-hydrogen) atoms. The normalized spacial score (nSPS) is 17.8. The van der Waals surface area contributed by atoms with Crippen molar-refractivity contribution in [3.05, 3.63) is 58.3 Å². The maximum atomic E-state index is 6.73. The van der Waals surface area contributed by atoms with E-state index in [0.29, 0.717) is 16.5 Å². The van der Waals surface area contributed by atoms with Crippen molar-refractivity contribution in [1.29, 1.82) is 0 Å². The van der Waals surface area contributed by atoms with Crippen molar-refractivity contribution in [3.63, 3.8) is 0 Å². The Labute approximate surface area is 158 Å². The number of methoxy groups -OCH3 is 2. The third kappa shape index (κ3) is 2.74. The highest BCUT2D eigenvalue weighted by Gasteiger charge is 2.29. The van der Waals surface area contributed by atoms with Gasteiger partial charge in [0, 0.05) is 30.0 Å². The largest absolute Gasteiger partial charge is 0.493 e. The molecule has 3 aromatic rings. The number of likely N-dealkylation sites (N-methyl/N-ethyl adjacent to an activating group) is 1. The smallest absolute Gasteiger partial charge is 0.179 e. The number of nitrogens with zero attached hydrogens (tertiary/aromatic N) is 1. The quantitative estimate of drug-likeness (QED) is 0.667. The van der Waals surface area contributed by atoms with Crippen LogP contribution in [0.25, 0.3) is 11.0 Å². The molecule has 4 rings (SSSR count). The number of halogens is 1. The van der Waals surface area contributed by atoms with Crippen LogP contribution in [-0.4, -0.2) is 39.3 Å². The lowest BCUT2D eigenvalue weighted by molar-refractivity contribution is 0.337. The van der Waals surface area contributed by atoms with Crippen LogP contribution in [0, 0.1) is 0 Å². The van der Waals surface area contributed by atoms with Crippen LogP contribution >= 0.6 is 11.6 Å². The number of hydrogen-bond donors (Lipinski definition) is 0. The molecule has 1 atom stereocenters. The minimum atomic E-state index is 0.143. The Hall–Kier alpha value is -2.17. The highest BCUT2D eigenvalue weighted by Crippen LogP contribution is 2.45. The Kier molecular flexibility index (Phi) is 4.55. The summed E-state index contributed by atoms with van der Waals surface area (Å²) in [5.74, 6) is 1.41. The van der Waals surface area contributed by atoms with Gasteiger partial charge in [-0.05, 0) is 36.7 Å². The highest BCUT2D eigenvalue weighted by atomic mass is 35.5. The van der Waals surface area contributed by atoms with Gasteiger partial charge in [0.05, 0.1) is 25.5 Å². The van der Waals surface area contributed by atoms with Crippen LogP contribution in [0.1, 0.15) is 22.6 Å². The fraction of sp³-hybridized carbons (Fsp3) is 0.333. The highest BCUT2D eigenvalue weighted by molar-refractivity contribution is 6.33. The first-order valence-corrected chi connectivity index (χ1v) is 9.09. The molecule has 0 bridgehead atoms. The van der Waals surface area contributed by atoms with Crippen LogP contribution < -0.4 is 9.47 Å². The second-order valence-electron chi connectivity index (χ2n) is 6.74. The molecule has 0 N–H and O–H groups in total. The maximum Gasteiger partial charge on any atom is 0.179 e. The van der Waals surface area contributed by atoms with E-state index in [-0.39, 0.29) is 5.92 Å². The Morgan fingerprint density at radius 1 is 1.15 bits per heavy atom. The first-order chi connectivity index (χ1) is 12.6. The molecule has 0 radical (unpaired) electrons. The van der Waals surface area contributed by atoms with Gasteiger partial charge in [0.2, 0.25) is 0 Å². The molecule has 1 unspecified atom stereocenters. The molecule has 0 spiro atoms. The van der Waals surface area contributed by atoms with Gasteiger partial charge in [-0.15, -0.1) is 0 Å². The second-order valence-corrected chi connectivity index (χ2v) is 7.12. The predicted octanol–water partition coefficient (Wildman–Crippen LogP) is 4.72. The van der Waals surface area contributed by atoms with Gasteiger partial charge in [-0.3, -0.25) is 0 Å². The van der Waals surface area contributed by atoms with Crippen molar-refractivity contribution < 1.29 is 13.9 Å².